The Balaban J connectivity index is 2.16. The van der Waals surface area contributed by atoms with Crippen LogP contribution in [0.1, 0.15) is 24.5 Å². The molecule has 0 atom stereocenters. The molecule has 3 rings (SSSR count). The number of rotatable bonds is 2. The average molecular weight is 265 g/mol. The highest BCUT2D eigenvalue weighted by molar-refractivity contribution is 6.31. The van der Waals surface area contributed by atoms with E-state index in [-0.39, 0.29) is 22.0 Å². The molecule has 18 heavy (non-hydrogen) atoms. The highest BCUT2D eigenvalue weighted by Crippen LogP contribution is 2.39. The number of aromatic amines is 1. The molecule has 0 unspecified atom stereocenters. The Hall–Kier alpha value is -1.68. The summed E-state index contributed by atoms with van der Waals surface area (Å²) in [4.78, 5) is 18.4. The van der Waals surface area contributed by atoms with Crippen LogP contribution < -0.4 is 5.56 Å². The lowest BCUT2D eigenvalue weighted by Crippen LogP contribution is -2.10. The summed E-state index contributed by atoms with van der Waals surface area (Å²) < 4.78 is 13.9. The zero-order valence-electron chi connectivity index (χ0n) is 9.41. The molecule has 0 spiro atoms. The van der Waals surface area contributed by atoms with Gasteiger partial charge >= 0.3 is 0 Å². The number of aromatic nitrogens is 2. The van der Waals surface area contributed by atoms with Crippen molar-refractivity contribution in [2.24, 2.45) is 0 Å². The molecule has 3 nitrogen and oxygen atoms in total. The number of hydrogen-bond acceptors (Lipinski definition) is 2. The molecule has 2 aromatic rings. The van der Waals surface area contributed by atoms with Gasteiger partial charge in [0.15, 0.2) is 5.82 Å². The minimum absolute atomic E-state index is 0.0203. The lowest BCUT2D eigenvalue weighted by molar-refractivity contribution is 0.630. The molecule has 0 radical (unpaired) electrons. The fourth-order valence-corrected chi connectivity index (χ4v) is 2.05. The van der Waals surface area contributed by atoms with Gasteiger partial charge < -0.3 is 4.98 Å². The van der Waals surface area contributed by atoms with Gasteiger partial charge in [0, 0.05) is 12.0 Å². The van der Waals surface area contributed by atoms with Crippen LogP contribution in [0.15, 0.2) is 29.1 Å². The molecule has 1 aromatic heterocycles. The first kappa shape index (κ1) is 11.4. The molecule has 0 aliphatic heterocycles. The fourth-order valence-electron chi connectivity index (χ4n) is 1.88. The Morgan fingerprint density at radius 3 is 2.89 bits per heavy atom. The molecule has 1 saturated carbocycles. The summed E-state index contributed by atoms with van der Waals surface area (Å²) in [6.45, 7) is 0. The predicted octanol–water partition coefficient (Wildman–Crippen LogP) is 3.11. The van der Waals surface area contributed by atoms with Crippen molar-refractivity contribution in [3.8, 4) is 11.4 Å². The molecule has 1 heterocycles. The number of hydrogen-bond donors (Lipinski definition) is 1. The molecule has 0 bridgehead atoms. The summed E-state index contributed by atoms with van der Waals surface area (Å²) in [5, 5.41) is 0.0203. The van der Waals surface area contributed by atoms with E-state index < -0.39 is 5.82 Å². The molecule has 0 amide bonds. The van der Waals surface area contributed by atoms with Crippen molar-refractivity contribution >= 4 is 11.6 Å². The van der Waals surface area contributed by atoms with Crippen molar-refractivity contribution in [3.05, 3.63) is 51.2 Å². The van der Waals surface area contributed by atoms with Crippen LogP contribution in [0.4, 0.5) is 4.39 Å². The van der Waals surface area contributed by atoms with Crippen LogP contribution in [0.5, 0.6) is 0 Å². The van der Waals surface area contributed by atoms with Gasteiger partial charge in [-0.15, -0.1) is 0 Å². The Kier molecular flexibility index (Phi) is 2.67. The van der Waals surface area contributed by atoms with E-state index in [2.05, 4.69) is 9.97 Å². The Bertz CT molecular complexity index is 664. The first-order valence-electron chi connectivity index (χ1n) is 5.71. The molecular weight excluding hydrogens is 255 g/mol. The van der Waals surface area contributed by atoms with E-state index in [1.807, 2.05) is 0 Å². The number of halogens is 2. The largest absolute Gasteiger partial charge is 0.306 e. The third-order valence-electron chi connectivity index (χ3n) is 2.96. The lowest BCUT2D eigenvalue weighted by atomic mass is 10.2. The van der Waals surface area contributed by atoms with Gasteiger partial charge in [-0.1, -0.05) is 17.7 Å². The summed E-state index contributed by atoms with van der Waals surface area (Å²) >= 11 is 5.72. The van der Waals surface area contributed by atoms with Crippen LogP contribution in [0.25, 0.3) is 11.4 Å². The molecule has 92 valence electrons. The quantitative estimate of drug-likeness (QED) is 0.906. The zero-order valence-corrected chi connectivity index (χ0v) is 10.2. The maximum atomic E-state index is 13.9. The molecule has 1 aliphatic carbocycles. The molecule has 0 saturated heterocycles. The molecule has 1 N–H and O–H groups in total. The van der Waals surface area contributed by atoms with E-state index in [9.17, 15) is 9.18 Å². The average Bonchev–Trinajstić information content (AvgIpc) is 3.16. The lowest BCUT2D eigenvalue weighted by Gasteiger charge is -2.05. The summed E-state index contributed by atoms with van der Waals surface area (Å²) in [5.41, 5.74) is 0.691. The summed E-state index contributed by atoms with van der Waals surface area (Å²) in [6, 6.07) is 6.12. The zero-order chi connectivity index (χ0) is 12.7. The van der Waals surface area contributed by atoms with Crippen LogP contribution in [-0.2, 0) is 0 Å². The van der Waals surface area contributed by atoms with Gasteiger partial charge in [-0.2, -0.15) is 0 Å². The van der Waals surface area contributed by atoms with Crippen LogP contribution in [0, 0.1) is 5.82 Å². The van der Waals surface area contributed by atoms with Crippen molar-refractivity contribution < 1.29 is 4.39 Å². The van der Waals surface area contributed by atoms with E-state index in [1.54, 1.807) is 12.1 Å². The van der Waals surface area contributed by atoms with Crippen LogP contribution in [-0.4, -0.2) is 9.97 Å². The molecule has 5 heteroatoms. The summed E-state index contributed by atoms with van der Waals surface area (Å²) in [6.07, 6.45) is 2.07. The minimum atomic E-state index is -0.560. The normalized spacial score (nSPS) is 14.8. The topological polar surface area (TPSA) is 45.8 Å². The Morgan fingerprint density at radius 2 is 2.17 bits per heavy atom. The van der Waals surface area contributed by atoms with Crippen LogP contribution in [0.2, 0.25) is 5.02 Å². The van der Waals surface area contributed by atoms with Gasteiger partial charge in [-0.05, 0) is 25.0 Å². The first-order valence-corrected chi connectivity index (χ1v) is 6.08. The number of benzene rings is 1. The second kappa shape index (κ2) is 4.21. The van der Waals surface area contributed by atoms with E-state index in [0.717, 1.165) is 18.5 Å². The van der Waals surface area contributed by atoms with Crippen molar-refractivity contribution in [3.63, 3.8) is 0 Å². The maximum Gasteiger partial charge on any atom is 0.251 e. The first-order chi connectivity index (χ1) is 8.65. The second-order valence-corrected chi connectivity index (χ2v) is 4.80. The fraction of sp³-hybridized carbons (Fsp3) is 0.231. The minimum Gasteiger partial charge on any atom is -0.306 e. The second-order valence-electron chi connectivity index (χ2n) is 4.39. The van der Waals surface area contributed by atoms with Crippen molar-refractivity contribution in [1.29, 1.82) is 0 Å². The highest BCUT2D eigenvalue weighted by atomic mass is 35.5. The highest BCUT2D eigenvalue weighted by Gasteiger charge is 2.26. The van der Waals surface area contributed by atoms with Crippen LogP contribution in [0.3, 0.4) is 0 Å². The third-order valence-corrected chi connectivity index (χ3v) is 3.26. The smallest absolute Gasteiger partial charge is 0.251 e. The monoisotopic (exact) mass is 264 g/mol. The molecule has 1 aliphatic rings. The van der Waals surface area contributed by atoms with Gasteiger partial charge in [0.2, 0.25) is 0 Å². The standard InChI is InChI=1S/C13H10ClFN2O/c14-9-3-1-2-8(12(9)15)13-16-10(7-4-5-7)6-11(18)17-13/h1-3,6-7H,4-5H2,(H,16,17,18). The third kappa shape index (κ3) is 2.04. The summed E-state index contributed by atoms with van der Waals surface area (Å²) in [5.74, 6) is 0.0213. The van der Waals surface area contributed by atoms with Crippen molar-refractivity contribution in [2.45, 2.75) is 18.8 Å². The maximum absolute atomic E-state index is 13.9. The van der Waals surface area contributed by atoms with Gasteiger partial charge in [0.05, 0.1) is 16.3 Å². The SMILES string of the molecule is O=c1cc(C2CC2)nc(-c2cccc(Cl)c2F)[nH]1. The Morgan fingerprint density at radius 1 is 1.39 bits per heavy atom. The van der Waals surface area contributed by atoms with E-state index in [4.69, 9.17) is 11.6 Å². The molecule has 1 fully saturated rings. The molecular formula is C13H10ClFN2O. The van der Waals surface area contributed by atoms with Gasteiger partial charge in [0.25, 0.3) is 5.56 Å². The molecule has 1 aromatic carbocycles. The van der Waals surface area contributed by atoms with Gasteiger partial charge in [-0.3, -0.25) is 4.79 Å². The van der Waals surface area contributed by atoms with E-state index in [0.29, 0.717) is 5.92 Å². The number of nitrogens with one attached hydrogen (secondary N) is 1. The van der Waals surface area contributed by atoms with E-state index >= 15 is 0 Å². The van der Waals surface area contributed by atoms with E-state index in [1.165, 1.54) is 12.1 Å². The van der Waals surface area contributed by atoms with Gasteiger partial charge in [0.1, 0.15) is 5.82 Å². The van der Waals surface area contributed by atoms with Crippen LogP contribution >= 0.6 is 11.6 Å². The van der Waals surface area contributed by atoms with Crippen molar-refractivity contribution in [1.82, 2.24) is 9.97 Å². The Labute approximate surface area is 108 Å². The predicted molar refractivity (Wildman–Crippen MR) is 67.2 cm³/mol. The van der Waals surface area contributed by atoms with Gasteiger partial charge in [-0.25, -0.2) is 9.37 Å². The van der Waals surface area contributed by atoms with Crippen molar-refractivity contribution in [2.75, 3.05) is 0 Å². The number of nitrogens with zero attached hydrogens (tertiary/aromatic N) is 1. The number of H-pyrrole nitrogens is 1. The summed E-state index contributed by atoms with van der Waals surface area (Å²) in [7, 11) is 0.